The van der Waals surface area contributed by atoms with E-state index >= 15 is 0 Å². The van der Waals surface area contributed by atoms with Crippen molar-refractivity contribution in [1.82, 2.24) is 25.0 Å². The number of H-pyrrole nitrogens is 1. The lowest BCUT2D eigenvalue weighted by atomic mass is 9.56. The van der Waals surface area contributed by atoms with Gasteiger partial charge >= 0.3 is 11.5 Å². The van der Waals surface area contributed by atoms with Crippen LogP contribution in [0.3, 0.4) is 0 Å². The topological polar surface area (TPSA) is 132 Å². The van der Waals surface area contributed by atoms with Crippen LogP contribution in [0, 0.1) is 21.5 Å². The predicted octanol–water partition coefficient (Wildman–Crippen LogP) is 3.93. The molecule has 3 aliphatic carbocycles. The van der Waals surface area contributed by atoms with Crippen molar-refractivity contribution in [3.05, 3.63) is 41.5 Å². The summed E-state index contributed by atoms with van der Waals surface area (Å²) in [5.74, 6) is 2.44. The number of carbonyl (C=O) groups is 1. The quantitative estimate of drug-likeness (QED) is 0.507. The zero-order valence-electron chi connectivity index (χ0n) is 21.5. The predicted molar refractivity (Wildman–Crippen MR) is 135 cm³/mol. The maximum absolute atomic E-state index is 13.0. The van der Waals surface area contributed by atoms with Crippen LogP contribution in [0.5, 0.6) is 0 Å². The lowest BCUT2D eigenvalue weighted by Crippen LogP contribution is -2.70. The Kier molecular flexibility index (Phi) is 5.16. The van der Waals surface area contributed by atoms with Gasteiger partial charge in [0.1, 0.15) is 5.82 Å². The average molecular weight is 564 g/mol. The molecule has 2 aliphatic heterocycles. The first-order valence-corrected chi connectivity index (χ1v) is 15.0. The van der Waals surface area contributed by atoms with Crippen LogP contribution in [0.15, 0.2) is 29.2 Å². The molecular weight excluding hydrogens is 531 g/mol. The zero-order valence-corrected chi connectivity index (χ0v) is 22.3. The number of nitrogens with zero attached hydrogens (tertiary/aromatic N) is 4. The average Bonchev–Trinajstić information content (AvgIpc) is 3.32. The first kappa shape index (κ1) is 25.3. The fourth-order valence-electron chi connectivity index (χ4n) is 7.32. The van der Waals surface area contributed by atoms with Gasteiger partial charge in [-0.1, -0.05) is 12.1 Å². The van der Waals surface area contributed by atoms with Gasteiger partial charge in [0.05, 0.1) is 10.4 Å². The summed E-state index contributed by atoms with van der Waals surface area (Å²) in [6.07, 6.45) is 6.63. The van der Waals surface area contributed by atoms with Crippen LogP contribution in [0.2, 0.25) is 0 Å². The van der Waals surface area contributed by atoms with Crippen molar-refractivity contribution >= 4 is 15.8 Å². The molecular formula is C26H32F3N7O2S. The molecule has 5 aliphatic rings. The van der Waals surface area contributed by atoms with Gasteiger partial charge in [0.15, 0.2) is 15.6 Å². The molecule has 0 bridgehead atoms. The second kappa shape index (κ2) is 7.96. The van der Waals surface area contributed by atoms with Crippen molar-refractivity contribution in [2.75, 3.05) is 26.2 Å². The van der Waals surface area contributed by atoms with Crippen LogP contribution in [0.4, 0.5) is 18.0 Å². The van der Waals surface area contributed by atoms with Crippen LogP contribution in [-0.4, -0.2) is 66.9 Å². The lowest BCUT2D eigenvalue weighted by Gasteiger charge is -2.63. The van der Waals surface area contributed by atoms with Crippen molar-refractivity contribution < 1.29 is 22.2 Å². The van der Waals surface area contributed by atoms with E-state index in [0.717, 1.165) is 100 Å². The molecule has 39 heavy (non-hydrogen) atoms. The number of aromatic nitrogens is 3. The number of hydrogen-bond acceptors (Lipinski definition) is 6. The minimum absolute atomic E-state index is 0.123. The third-order valence-electron chi connectivity index (χ3n) is 9.68. The monoisotopic (exact) mass is 563 g/mol. The molecule has 4 N–H and O–H groups in total. The van der Waals surface area contributed by atoms with Crippen molar-refractivity contribution in [2.45, 2.75) is 66.8 Å². The molecule has 1 aromatic heterocycles. The van der Waals surface area contributed by atoms with Gasteiger partial charge in [0.2, 0.25) is 0 Å². The smallest absolute Gasteiger partial charge is 0.323 e. The van der Waals surface area contributed by atoms with Crippen molar-refractivity contribution in [3.63, 3.8) is 0 Å². The number of nitrogens with one attached hydrogen (secondary N) is 2. The van der Waals surface area contributed by atoms with Gasteiger partial charge in [-0.3, -0.25) is 5.10 Å². The molecule has 2 spiro atoms. The summed E-state index contributed by atoms with van der Waals surface area (Å²) < 4.78 is 57.6. The third-order valence-corrected chi connectivity index (χ3v) is 11.3. The van der Waals surface area contributed by atoms with Crippen LogP contribution in [0.1, 0.15) is 61.7 Å². The number of halogens is 3. The van der Waals surface area contributed by atoms with Crippen LogP contribution in [-0.2, 0) is 21.7 Å². The van der Waals surface area contributed by atoms with Crippen molar-refractivity contribution in [3.8, 4) is 0 Å². The maximum Gasteiger partial charge on any atom is 0.483 e. The van der Waals surface area contributed by atoms with E-state index in [1.54, 1.807) is 12.1 Å². The number of urea groups is 1. The summed E-state index contributed by atoms with van der Waals surface area (Å²) in [6, 6.07) is 5.53. The highest BCUT2D eigenvalue weighted by molar-refractivity contribution is 7.93. The van der Waals surface area contributed by atoms with E-state index in [9.17, 15) is 22.2 Å². The second-order valence-corrected chi connectivity index (χ2v) is 15.0. The Bertz CT molecular complexity index is 1410. The van der Waals surface area contributed by atoms with Gasteiger partial charge in [-0.2, -0.15) is 18.3 Å². The molecule has 1 unspecified atom stereocenters. The van der Waals surface area contributed by atoms with Crippen LogP contribution >= 0.6 is 0 Å². The summed E-state index contributed by atoms with van der Waals surface area (Å²) in [5.41, 5.74) is 2.05. The SMILES string of the molecule is N=S(=O)(c1ccc(CC2CC3(C2)CN(C(=O)N2CC4(CC(c5nc(C6(N)CC6)n[nH]5)C4)C2)C3)cc1)C(F)(F)F. The molecule has 7 rings (SSSR count). The summed E-state index contributed by atoms with van der Waals surface area (Å²) >= 11 is 0. The molecule has 9 nitrogen and oxygen atoms in total. The number of likely N-dealkylation sites (tertiary alicyclic amines) is 2. The van der Waals surface area contributed by atoms with Gasteiger partial charge in [-0.25, -0.2) is 18.8 Å². The Morgan fingerprint density at radius 1 is 1.05 bits per heavy atom. The largest absolute Gasteiger partial charge is 0.483 e. The molecule has 13 heteroatoms. The molecule has 210 valence electrons. The number of carbonyl (C=O) groups excluding carboxylic acids is 1. The first-order valence-electron chi connectivity index (χ1n) is 13.5. The minimum Gasteiger partial charge on any atom is -0.323 e. The molecule has 2 saturated heterocycles. The zero-order chi connectivity index (χ0) is 27.4. The van der Waals surface area contributed by atoms with E-state index in [1.165, 1.54) is 0 Å². The first-order chi connectivity index (χ1) is 18.3. The van der Waals surface area contributed by atoms with E-state index in [1.807, 2.05) is 9.80 Å². The Labute approximate surface area is 224 Å². The van der Waals surface area contributed by atoms with Crippen LogP contribution in [0.25, 0.3) is 0 Å². The van der Waals surface area contributed by atoms with Gasteiger partial charge in [-0.15, -0.1) is 0 Å². The fraction of sp³-hybridized carbons (Fsp3) is 0.654. The van der Waals surface area contributed by atoms with Crippen molar-refractivity contribution in [2.24, 2.45) is 22.5 Å². The Balaban J connectivity index is 0.842. The summed E-state index contributed by atoms with van der Waals surface area (Å²) in [6.45, 7) is 3.12. The summed E-state index contributed by atoms with van der Waals surface area (Å²) in [7, 11) is -4.82. The van der Waals surface area contributed by atoms with E-state index in [-0.39, 0.29) is 22.4 Å². The highest BCUT2D eigenvalue weighted by atomic mass is 32.2. The molecule has 5 fully saturated rings. The number of benzene rings is 1. The number of nitrogens with two attached hydrogens (primary N) is 1. The molecule has 3 saturated carbocycles. The lowest BCUT2D eigenvalue weighted by molar-refractivity contribution is -0.100. The molecule has 1 atom stereocenters. The fourth-order valence-corrected chi connectivity index (χ4v) is 8.11. The highest BCUT2D eigenvalue weighted by Gasteiger charge is 2.59. The normalized spacial score (nSPS) is 26.4. The van der Waals surface area contributed by atoms with E-state index < -0.39 is 20.1 Å². The van der Waals surface area contributed by atoms with Gasteiger partial charge in [0.25, 0.3) is 0 Å². The van der Waals surface area contributed by atoms with Gasteiger partial charge in [-0.05, 0) is 68.6 Å². The second-order valence-electron chi connectivity index (χ2n) is 12.9. The molecule has 1 aromatic carbocycles. The summed E-state index contributed by atoms with van der Waals surface area (Å²) in [4.78, 5) is 21.0. The Morgan fingerprint density at radius 3 is 2.15 bits per heavy atom. The minimum atomic E-state index is -5.08. The van der Waals surface area contributed by atoms with Crippen LogP contribution < -0.4 is 5.73 Å². The third kappa shape index (κ3) is 4.06. The number of amides is 2. The van der Waals surface area contributed by atoms with Gasteiger partial charge < -0.3 is 15.5 Å². The van der Waals surface area contributed by atoms with E-state index in [4.69, 9.17) is 10.5 Å². The maximum atomic E-state index is 13.0. The standard InChI is InChI=1S/C26H32F3N7O2S/c27-26(28,29)39(31,38)19-3-1-16(2-4-19)7-17-8-23(9-17)12-35(13-23)22(37)36-14-24(15-36)10-18(11-24)20-32-21(34-33-20)25(30)5-6-25/h1-4,17-18,31H,5-15,30H2,(H,32,33,34). The highest BCUT2D eigenvalue weighted by Crippen LogP contribution is 2.57. The number of aromatic amines is 1. The molecule has 2 amide bonds. The Morgan fingerprint density at radius 2 is 1.62 bits per heavy atom. The number of rotatable bonds is 5. The van der Waals surface area contributed by atoms with E-state index in [2.05, 4.69) is 15.2 Å². The Hall–Kier alpha value is -2.67. The number of alkyl halides is 3. The summed E-state index contributed by atoms with van der Waals surface area (Å²) in [5, 5.41) is 7.39. The molecule has 0 radical (unpaired) electrons. The molecule has 3 heterocycles. The van der Waals surface area contributed by atoms with E-state index in [0.29, 0.717) is 11.8 Å². The molecule has 2 aromatic rings. The van der Waals surface area contributed by atoms with Crippen molar-refractivity contribution in [1.29, 1.82) is 4.78 Å². The number of hydrogen-bond donors (Lipinski definition) is 3. The van der Waals surface area contributed by atoms with Gasteiger partial charge in [0, 0.05) is 42.9 Å².